The molecule has 33 heavy (non-hydrogen) atoms. The molecule has 0 aliphatic rings. The van der Waals surface area contributed by atoms with Gasteiger partial charge >= 0.3 is 6.18 Å². The van der Waals surface area contributed by atoms with Crippen molar-refractivity contribution >= 4 is 48.7 Å². The molecule has 0 aliphatic heterocycles. The van der Waals surface area contributed by atoms with E-state index in [-0.39, 0.29) is 21.6 Å². The Morgan fingerprint density at radius 1 is 0.879 bits per heavy atom. The number of sulfonamides is 1. The van der Waals surface area contributed by atoms with Crippen LogP contribution in [-0.2, 0) is 16.2 Å². The first-order chi connectivity index (χ1) is 15.5. The number of carbonyl (C=O) groups excluding carboxylic acids is 1. The first-order valence-electron chi connectivity index (χ1n) is 9.32. The Balaban J connectivity index is 1.54. The molecule has 4 rings (SSSR count). The van der Waals surface area contributed by atoms with Gasteiger partial charge in [0.15, 0.2) is 0 Å². The third kappa shape index (κ3) is 4.99. The lowest BCUT2D eigenvalue weighted by Gasteiger charge is -2.10. The number of rotatable bonds is 5. The van der Waals surface area contributed by atoms with E-state index in [2.05, 4.69) is 10.0 Å². The number of anilines is 2. The third-order valence-electron chi connectivity index (χ3n) is 4.57. The fraction of sp³-hybridized carbons (Fsp3) is 0.0455. The largest absolute Gasteiger partial charge is 0.416 e. The molecule has 0 spiro atoms. The van der Waals surface area contributed by atoms with Gasteiger partial charge in [-0.2, -0.15) is 13.2 Å². The summed E-state index contributed by atoms with van der Waals surface area (Å²) >= 11 is 1.02. The predicted molar refractivity (Wildman–Crippen MR) is 118 cm³/mol. The van der Waals surface area contributed by atoms with Crippen LogP contribution in [0.5, 0.6) is 0 Å². The van der Waals surface area contributed by atoms with E-state index in [1.54, 1.807) is 0 Å². The van der Waals surface area contributed by atoms with Crippen molar-refractivity contribution < 1.29 is 30.8 Å². The Morgan fingerprint density at radius 3 is 2.33 bits per heavy atom. The van der Waals surface area contributed by atoms with Crippen LogP contribution in [0.15, 0.2) is 77.7 Å². The van der Waals surface area contributed by atoms with Crippen molar-refractivity contribution in [2.75, 3.05) is 10.0 Å². The normalized spacial score (nSPS) is 12.0. The predicted octanol–water partition coefficient (Wildman–Crippen LogP) is 6.11. The summed E-state index contributed by atoms with van der Waals surface area (Å²) in [6.45, 7) is 0. The maximum atomic E-state index is 13.9. The molecule has 2 N–H and O–H groups in total. The molecule has 11 heteroatoms. The van der Waals surface area contributed by atoms with E-state index < -0.39 is 38.4 Å². The lowest BCUT2D eigenvalue weighted by atomic mass is 10.1. The molecule has 0 bridgehead atoms. The molecule has 1 heterocycles. The summed E-state index contributed by atoms with van der Waals surface area (Å²) in [6, 6.07) is 15.2. The maximum absolute atomic E-state index is 13.9. The second-order valence-electron chi connectivity index (χ2n) is 6.93. The summed E-state index contributed by atoms with van der Waals surface area (Å²) in [6.07, 6.45) is -4.49. The number of halogens is 4. The average Bonchev–Trinajstić information content (AvgIpc) is 3.17. The molecule has 0 saturated heterocycles. The van der Waals surface area contributed by atoms with Crippen molar-refractivity contribution in [2.24, 2.45) is 0 Å². The first kappa shape index (κ1) is 22.7. The Morgan fingerprint density at radius 2 is 1.61 bits per heavy atom. The van der Waals surface area contributed by atoms with Crippen molar-refractivity contribution in [1.29, 1.82) is 0 Å². The Kier molecular flexibility index (Phi) is 5.85. The highest BCUT2D eigenvalue weighted by Gasteiger charge is 2.30. The molecular weight excluding hydrogens is 480 g/mol. The minimum atomic E-state index is -4.49. The highest BCUT2D eigenvalue weighted by Crippen LogP contribution is 2.34. The zero-order valence-corrected chi connectivity index (χ0v) is 18.1. The third-order valence-corrected chi connectivity index (χ3v) is 7.10. The molecule has 0 saturated carbocycles. The molecule has 0 atom stereocenters. The minimum Gasteiger partial charge on any atom is -0.321 e. The van der Waals surface area contributed by atoms with Gasteiger partial charge in [-0.25, -0.2) is 12.8 Å². The number of thiophene rings is 1. The van der Waals surface area contributed by atoms with Gasteiger partial charge in [0.25, 0.3) is 15.9 Å². The molecule has 170 valence electrons. The van der Waals surface area contributed by atoms with Gasteiger partial charge in [0.05, 0.1) is 16.1 Å². The van der Waals surface area contributed by atoms with Crippen molar-refractivity contribution in [1.82, 2.24) is 0 Å². The zero-order chi connectivity index (χ0) is 23.8. The molecule has 1 amide bonds. The van der Waals surface area contributed by atoms with E-state index in [0.717, 1.165) is 35.6 Å². The highest BCUT2D eigenvalue weighted by atomic mass is 32.2. The standard InChI is InChI=1S/C22H14F4N2O3S2/c23-17-6-1-2-7-20(17)33(30,31)28-16-5-3-4-15(12-16)27-21(29)19-11-13-10-14(22(24,25)26)8-9-18(13)32-19/h1-12,28H,(H,27,29). The lowest BCUT2D eigenvalue weighted by Crippen LogP contribution is -2.15. The number of hydrogen-bond donors (Lipinski definition) is 2. The van der Waals surface area contributed by atoms with Crippen LogP contribution in [0.3, 0.4) is 0 Å². The molecule has 0 aliphatic carbocycles. The fourth-order valence-corrected chi connectivity index (χ4v) is 5.13. The number of nitrogens with one attached hydrogen (secondary N) is 2. The van der Waals surface area contributed by atoms with Gasteiger partial charge in [0.1, 0.15) is 10.7 Å². The monoisotopic (exact) mass is 494 g/mol. The second-order valence-corrected chi connectivity index (χ2v) is 9.67. The second kappa shape index (κ2) is 8.49. The van der Waals surface area contributed by atoms with Gasteiger partial charge in [-0.15, -0.1) is 11.3 Å². The zero-order valence-electron chi connectivity index (χ0n) is 16.5. The molecule has 0 radical (unpaired) electrons. The summed E-state index contributed by atoms with van der Waals surface area (Å²) < 4.78 is 80.3. The van der Waals surface area contributed by atoms with Gasteiger partial charge in [-0.3, -0.25) is 9.52 Å². The molecule has 3 aromatic carbocycles. The Bertz CT molecular complexity index is 1460. The van der Waals surface area contributed by atoms with Crippen molar-refractivity contribution in [3.63, 3.8) is 0 Å². The SMILES string of the molecule is O=C(Nc1cccc(NS(=O)(=O)c2ccccc2F)c1)c1cc2cc(C(F)(F)F)ccc2s1. The fourth-order valence-electron chi connectivity index (χ4n) is 3.06. The number of alkyl halides is 3. The van der Waals surface area contributed by atoms with E-state index in [0.29, 0.717) is 4.70 Å². The molecule has 0 unspecified atom stereocenters. The number of hydrogen-bond acceptors (Lipinski definition) is 4. The maximum Gasteiger partial charge on any atom is 0.416 e. The molecule has 0 fully saturated rings. The summed E-state index contributed by atoms with van der Waals surface area (Å²) in [7, 11) is -4.20. The van der Waals surface area contributed by atoms with E-state index in [1.807, 2.05) is 0 Å². The summed E-state index contributed by atoms with van der Waals surface area (Å²) in [4.78, 5) is 12.3. The topological polar surface area (TPSA) is 75.3 Å². The van der Waals surface area contributed by atoms with Crippen LogP contribution < -0.4 is 10.0 Å². The molecule has 5 nitrogen and oxygen atoms in total. The quantitative estimate of drug-likeness (QED) is 0.329. The van der Waals surface area contributed by atoms with E-state index in [4.69, 9.17) is 0 Å². The van der Waals surface area contributed by atoms with Crippen molar-refractivity contribution in [2.45, 2.75) is 11.1 Å². The molecule has 4 aromatic rings. The van der Waals surface area contributed by atoms with Crippen LogP contribution in [0.4, 0.5) is 28.9 Å². The van der Waals surface area contributed by atoms with E-state index in [9.17, 15) is 30.8 Å². The van der Waals surface area contributed by atoms with E-state index in [1.165, 1.54) is 48.5 Å². The molecular formula is C22H14F4N2O3S2. The number of amides is 1. The van der Waals surface area contributed by atoms with Crippen LogP contribution in [0, 0.1) is 5.82 Å². The van der Waals surface area contributed by atoms with Crippen LogP contribution in [0.25, 0.3) is 10.1 Å². The first-order valence-corrected chi connectivity index (χ1v) is 11.6. The van der Waals surface area contributed by atoms with Gasteiger partial charge < -0.3 is 5.32 Å². The van der Waals surface area contributed by atoms with Crippen LogP contribution in [0.2, 0.25) is 0 Å². The summed E-state index contributed by atoms with van der Waals surface area (Å²) in [5.41, 5.74) is -0.487. The lowest BCUT2D eigenvalue weighted by molar-refractivity contribution is -0.137. The Hall–Kier alpha value is -3.44. The van der Waals surface area contributed by atoms with Gasteiger partial charge in [0.2, 0.25) is 0 Å². The minimum absolute atomic E-state index is 0.0854. The number of carbonyl (C=O) groups is 1. The van der Waals surface area contributed by atoms with Crippen molar-refractivity contribution in [3.05, 3.63) is 89.1 Å². The van der Waals surface area contributed by atoms with Crippen LogP contribution >= 0.6 is 11.3 Å². The molecule has 1 aromatic heterocycles. The number of benzene rings is 3. The van der Waals surface area contributed by atoms with Crippen LogP contribution in [0.1, 0.15) is 15.2 Å². The number of fused-ring (bicyclic) bond motifs is 1. The summed E-state index contributed by atoms with van der Waals surface area (Å²) in [5, 5.41) is 2.87. The van der Waals surface area contributed by atoms with Gasteiger partial charge in [-0.05, 0) is 60.0 Å². The van der Waals surface area contributed by atoms with Crippen molar-refractivity contribution in [3.8, 4) is 0 Å². The average molecular weight is 494 g/mol. The van der Waals surface area contributed by atoms with E-state index >= 15 is 0 Å². The Labute approximate surface area is 189 Å². The van der Waals surface area contributed by atoms with Crippen LogP contribution in [-0.4, -0.2) is 14.3 Å². The van der Waals surface area contributed by atoms with Gasteiger partial charge in [-0.1, -0.05) is 18.2 Å². The summed E-state index contributed by atoms with van der Waals surface area (Å²) in [5.74, 6) is -1.48. The highest BCUT2D eigenvalue weighted by molar-refractivity contribution is 7.92. The van der Waals surface area contributed by atoms with Gasteiger partial charge in [0, 0.05) is 10.4 Å². The smallest absolute Gasteiger partial charge is 0.321 e.